The molecule has 0 aliphatic carbocycles. The molecule has 3 heteroatoms. The van der Waals surface area contributed by atoms with E-state index in [1.54, 1.807) is 6.07 Å². The summed E-state index contributed by atoms with van der Waals surface area (Å²) in [4.78, 5) is 12.7. The van der Waals surface area contributed by atoms with Gasteiger partial charge in [-0.05, 0) is 55.2 Å². The van der Waals surface area contributed by atoms with Gasteiger partial charge in [-0.3, -0.25) is 4.79 Å². The Morgan fingerprint density at radius 3 is 2.45 bits per heavy atom. The number of rotatable bonds is 6. The van der Waals surface area contributed by atoms with Crippen molar-refractivity contribution in [3.8, 4) is 0 Å². The Labute approximate surface area is 145 Å². The van der Waals surface area contributed by atoms with Crippen molar-refractivity contribution in [2.45, 2.75) is 39.5 Å². The van der Waals surface area contributed by atoms with Crippen LogP contribution in [-0.4, -0.2) is 5.78 Å². The minimum atomic E-state index is -0.0445. The van der Waals surface area contributed by atoms with Gasteiger partial charge in [0, 0.05) is 15.6 Å². The summed E-state index contributed by atoms with van der Waals surface area (Å²) in [5.74, 6) is -0.0445. The largest absolute Gasteiger partial charge is 0.289 e. The molecule has 0 fully saturated rings. The first-order valence-electron chi connectivity index (χ1n) is 7.62. The van der Waals surface area contributed by atoms with Crippen LogP contribution in [0.1, 0.15) is 53.2 Å². The Hall–Kier alpha value is -1.12. The molecule has 0 heterocycles. The number of unbranched alkanes of at least 4 members (excludes halogenated alkanes) is 2. The fourth-order valence-corrected chi connectivity index (χ4v) is 3.35. The van der Waals surface area contributed by atoms with E-state index in [0.29, 0.717) is 16.1 Å². The molecule has 0 amide bonds. The minimum absolute atomic E-state index is 0.0445. The van der Waals surface area contributed by atoms with Gasteiger partial charge in [-0.15, -0.1) is 0 Å². The average Bonchev–Trinajstić information content (AvgIpc) is 2.47. The van der Waals surface area contributed by atoms with Gasteiger partial charge in [-0.1, -0.05) is 59.4 Å². The molecule has 0 spiro atoms. The summed E-state index contributed by atoms with van der Waals surface area (Å²) in [6, 6.07) is 11.5. The maximum Gasteiger partial charge on any atom is 0.195 e. The van der Waals surface area contributed by atoms with Crippen LogP contribution in [0.5, 0.6) is 0 Å². The molecule has 0 N–H and O–H groups in total. The van der Waals surface area contributed by atoms with E-state index in [0.717, 1.165) is 16.5 Å². The molecule has 0 aromatic heterocycles. The fraction of sp³-hybridized carbons (Fsp3) is 0.316. The second kappa shape index (κ2) is 7.94. The van der Waals surface area contributed by atoms with Gasteiger partial charge in [-0.2, -0.15) is 0 Å². The highest BCUT2D eigenvalue weighted by Crippen LogP contribution is 2.26. The Bertz CT molecular complexity index is 679. The maximum atomic E-state index is 12.7. The van der Waals surface area contributed by atoms with Crippen molar-refractivity contribution in [1.29, 1.82) is 0 Å². The van der Waals surface area contributed by atoms with Crippen molar-refractivity contribution in [1.82, 2.24) is 0 Å². The fourth-order valence-electron chi connectivity index (χ4n) is 2.43. The molecule has 22 heavy (non-hydrogen) atoms. The molecule has 2 aromatic rings. The second-order valence-corrected chi connectivity index (χ2v) is 6.85. The number of carbonyl (C=O) groups is 1. The normalized spacial score (nSPS) is 10.7. The molecule has 0 aliphatic heterocycles. The van der Waals surface area contributed by atoms with E-state index in [9.17, 15) is 4.79 Å². The van der Waals surface area contributed by atoms with E-state index < -0.39 is 0 Å². The summed E-state index contributed by atoms with van der Waals surface area (Å²) in [6.07, 6.45) is 4.67. The summed E-state index contributed by atoms with van der Waals surface area (Å²) in [5.41, 5.74) is 3.51. The molecular weight excluding hydrogens is 360 g/mol. The third kappa shape index (κ3) is 4.21. The van der Waals surface area contributed by atoms with Crippen LogP contribution in [0, 0.1) is 6.92 Å². The van der Waals surface area contributed by atoms with Crippen LogP contribution in [-0.2, 0) is 6.42 Å². The lowest BCUT2D eigenvalue weighted by molar-refractivity contribution is 0.103. The number of hydrogen-bond acceptors (Lipinski definition) is 1. The molecule has 1 nitrogen and oxygen atoms in total. The van der Waals surface area contributed by atoms with Crippen molar-refractivity contribution in [2.75, 3.05) is 0 Å². The summed E-state index contributed by atoms with van der Waals surface area (Å²) in [5, 5.41) is 0.504. The highest BCUT2D eigenvalue weighted by atomic mass is 79.9. The van der Waals surface area contributed by atoms with Crippen LogP contribution in [0.15, 0.2) is 40.9 Å². The number of ketones is 1. The van der Waals surface area contributed by atoms with Gasteiger partial charge in [0.1, 0.15) is 0 Å². The van der Waals surface area contributed by atoms with Crippen molar-refractivity contribution >= 4 is 33.3 Å². The van der Waals surface area contributed by atoms with E-state index in [1.807, 2.05) is 37.3 Å². The third-order valence-electron chi connectivity index (χ3n) is 3.72. The van der Waals surface area contributed by atoms with Crippen molar-refractivity contribution in [3.05, 3.63) is 68.1 Å². The quantitative estimate of drug-likeness (QED) is 0.420. The highest BCUT2D eigenvalue weighted by molar-refractivity contribution is 9.10. The maximum absolute atomic E-state index is 12.7. The second-order valence-electron chi connectivity index (χ2n) is 5.58. The molecule has 0 saturated carbocycles. The topological polar surface area (TPSA) is 17.1 Å². The Balaban J connectivity index is 2.23. The van der Waals surface area contributed by atoms with Gasteiger partial charge in [0.2, 0.25) is 0 Å². The lowest BCUT2D eigenvalue weighted by atomic mass is 9.99. The SMILES string of the molecule is CCCCCc1ccc(C(=O)c2ccc(C)cc2Cl)c(Br)c1. The van der Waals surface area contributed by atoms with Crippen molar-refractivity contribution in [3.63, 3.8) is 0 Å². The Morgan fingerprint density at radius 1 is 1.09 bits per heavy atom. The van der Waals surface area contributed by atoms with Crippen LogP contribution in [0.3, 0.4) is 0 Å². The van der Waals surface area contributed by atoms with Gasteiger partial charge in [0.05, 0.1) is 5.02 Å². The minimum Gasteiger partial charge on any atom is -0.289 e. The molecule has 0 unspecified atom stereocenters. The first-order valence-corrected chi connectivity index (χ1v) is 8.79. The van der Waals surface area contributed by atoms with Gasteiger partial charge in [0.25, 0.3) is 0 Å². The van der Waals surface area contributed by atoms with E-state index >= 15 is 0 Å². The molecule has 0 aliphatic rings. The van der Waals surface area contributed by atoms with E-state index in [4.69, 9.17) is 11.6 Å². The van der Waals surface area contributed by atoms with Gasteiger partial charge in [-0.25, -0.2) is 0 Å². The lowest BCUT2D eigenvalue weighted by Crippen LogP contribution is -2.04. The Morgan fingerprint density at radius 2 is 1.82 bits per heavy atom. The zero-order chi connectivity index (χ0) is 16.1. The lowest BCUT2D eigenvalue weighted by Gasteiger charge is -2.09. The third-order valence-corrected chi connectivity index (χ3v) is 4.69. The number of carbonyl (C=O) groups excluding carboxylic acids is 1. The van der Waals surface area contributed by atoms with Gasteiger partial charge in [0.15, 0.2) is 5.78 Å². The van der Waals surface area contributed by atoms with Crippen molar-refractivity contribution in [2.24, 2.45) is 0 Å². The average molecular weight is 380 g/mol. The summed E-state index contributed by atoms with van der Waals surface area (Å²) in [6.45, 7) is 4.16. The van der Waals surface area contributed by atoms with E-state index in [1.165, 1.54) is 24.8 Å². The van der Waals surface area contributed by atoms with Gasteiger partial charge < -0.3 is 0 Å². The van der Waals surface area contributed by atoms with Crippen LogP contribution >= 0.6 is 27.5 Å². The number of halogens is 2. The summed E-state index contributed by atoms with van der Waals surface area (Å²) < 4.78 is 0.836. The van der Waals surface area contributed by atoms with E-state index in [-0.39, 0.29) is 5.78 Å². The smallest absolute Gasteiger partial charge is 0.195 e. The molecule has 0 atom stereocenters. The number of aryl methyl sites for hydroxylation is 2. The zero-order valence-electron chi connectivity index (χ0n) is 13.0. The first-order chi connectivity index (χ1) is 10.5. The molecule has 0 saturated heterocycles. The molecule has 0 bridgehead atoms. The molecular formula is C19H20BrClO. The molecule has 2 rings (SSSR count). The summed E-state index contributed by atoms with van der Waals surface area (Å²) in [7, 11) is 0. The molecule has 2 aromatic carbocycles. The highest BCUT2D eigenvalue weighted by Gasteiger charge is 2.16. The van der Waals surface area contributed by atoms with Crippen LogP contribution < -0.4 is 0 Å². The first kappa shape index (κ1) is 17.2. The van der Waals surface area contributed by atoms with Gasteiger partial charge >= 0.3 is 0 Å². The van der Waals surface area contributed by atoms with Crippen LogP contribution in [0.2, 0.25) is 5.02 Å². The van der Waals surface area contributed by atoms with Crippen molar-refractivity contribution < 1.29 is 4.79 Å². The summed E-state index contributed by atoms with van der Waals surface area (Å²) >= 11 is 9.74. The molecule has 116 valence electrons. The predicted octanol–water partition coefficient (Wildman–Crippen LogP) is 6.37. The monoisotopic (exact) mass is 378 g/mol. The zero-order valence-corrected chi connectivity index (χ0v) is 15.3. The van der Waals surface area contributed by atoms with E-state index in [2.05, 4.69) is 22.9 Å². The number of hydrogen-bond donors (Lipinski definition) is 0. The standard InChI is InChI=1S/C19H20BrClO/c1-3-4-5-6-14-8-10-15(17(20)12-14)19(22)16-9-7-13(2)11-18(16)21/h7-12H,3-6H2,1-2H3. The Kier molecular flexibility index (Phi) is 6.22. The predicted molar refractivity (Wildman–Crippen MR) is 97.0 cm³/mol. The number of benzene rings is 2. The van der Waals surface area contributed by atoms with Crippen LogP contribution in [0.4, 0.5) is 0 Å². The van der Waals surface area contributed by atoms with Crippen LogP contribution in [0.25, 0.3) is 0 Å². The molecule has 0 radical (unpaired) electrons.